The van der Waals surface area contributed by atoms with E-state index in [1.165, 1.54) is 28.6 Å². The molecule has 0 spiro atoms. The van der Waals surface area contributed by atoms with Crippen LogP contribution >= 0.6 is 0 Å². The quantitative estimate of drug-likeness (QED) is 0.646. The largest absolute Gasteiger partial charge is 0.379 e. The standard InChI is InChI=1S/C19H27N3O6S2/c23-19(20-17-13-29(24,25)14-18(17)21-7-1-2-8-21)15-3-5-16(6-4-15)30(26,27)22-9-11-28-12-10-22/h3-6,17-18H,1-2,7-14H2,(H,20,23). The molecule has 2 unspecified atom stereocenters. The van der Waals surface area contributed by atoms with Gasteiger partial charge in [-0.15, -0.1) is 0 Å². The molecule has 0 aromatic heterocycles. The number of benzene rings is 1. The van der Waals surface area contributed by atoms with Gasteiger partial charge in [-0.2, -0.15) is 4.31 Å². The monoisotopic (exact) mass is 457 g/mol. The molecule has 3 aliphatic heterocycles. The Bertz CT molecular complexity index is 982. The molecule has 1 amide bonds. The number of carbonyl (C=O) groups is 1. The summed E-state index contributed by atoms with van der Waals surface area (Å²) < 4.78 is 56.3. The number of sulfone groups is 1. The molecular weight excluding hydrogens is 430 g/mol. The molecule has 0 aliphatic carbocycles. The molecule has 4 rings (SSSR count). The molecule has 3 saturated heterocycles. The molecule has 3 fully saturated rings. The van der Waals surface area contributed by atoms with Crippen molar-refractivity contribution < 1.29 is 26.4 Å². The number of hydrogen-bond acceptors (Lipinski definition) is 7. The normalized spacial score (nSPS) is 27.9. The summed E-state index contributed by atoms with van der Waals surface area (Å²) in [4.78, 5) is 15.0. The Hall–Kier alpha value is -1.53. The van der Waals surface area contributed by atoms with Gasteiger partial charge in [0.25, 0.3) is 5.91 Å². The third-order valence-electron chi connectivity index (χ3n) is 5.97. The van der Waals surface area contributed by atoms with Crippen LogP contribution in [0.15, 0.2) is 29.2 Å². The maximum atomic E-state index is 12.7. The topological polar surface area (TPSA) is 113 Å². The van der Waals surface area contributed by atoms with Crippen molar-refractivity contribution in [1.29, 1.82) is 0 Å². The van der Waals surface area contributed by atoms with Gasteiger partial charge < -0.3 is 10.1 Å². The highest BCUT2D eigenvalue weighted by atomic mass is 32.2. The van der Waals surface area contributed by atoms with Gasteiger partial charge in [-0.3, -0.25) is 9.69 Å². The van der Waals surface area contributed by atoms with Crippen LogP contribution in [0, 0.1) is 0 Å². The van der Waals surface area contributed by atoms with Crippen molar-refractivity contribution in [3.05, 3.63) is 29.8 Å². The number of carbonyl (C=O) groups excluding carboxylic acids is 1. The number of sulfonamides is 1. The lowest BCUT2D eigenvalue weighted by Gasteiger charge is -2.28. The zero-order valence-corrected chi connectivity index (χ0v) is 18.3. The summed E-state index contributed by atoms with van der Waals surface area (Å²) in [5, 5.41) is 2.86. The molecule has 11 heteroatoms. The third kappa shape index (κ3) is 4.54. The van der Waals surface area contributed by atoms with E-state index in [1.54, 1.807) is 0 Å². The van der Waals surface area contributed by atoms with Gasteiger partial charge in [0.2, 0.25) is 10.0 Å². The van der Waals surface area contributed by atoms with E-state index in [4.69, 9.17) is 4.74 Å². The highest BCUT2D eigenvalue weighted by Gasteiger charge is 2.42. The van der Waals surface area contributed by atoms with E-state index in [2.05, 4.69) is 10.2 Å². The molecular formula is C19H27N3O6S2. The molecule has 0 radical (unpaired) electrons. The first-order valence-electron chi connectivity index (χ1n) is 10.2. The van der Waals surface area contributed by atoms with Gasteiger partial charge in [0, 0.05) is 24.7 Å². The summed E-state index contributed by atoms with van der Waals surface area (Å²) in [5.74, 6) is -0.394. The second-order valence-electron chi connectivity index (χ2n) is 8.01. The second kappa shape index (κ2) is 8.54. The molecule has 2 atom stereocenters. The van der Waals surface area contributed by atoms with Crippen molar-refractivity contribution in [1.82, 2.24) is 14.5 Å². The number of nitrogens with one attached hydrogen (secondary N) is 1. The first kappa shape index (κ1) is 21.7. The van der Waals surface area contributed by atoms with Gasteiger partial charge in [0.1, 0.15) is 0 Å². The van der Waals surface area contributed by atoms with E-state index in [-0.39, 0.29) is 22.4 Å². The number of ether oxygens (including phenoxy) is 1. The summed E-state index contributed by atoms with van der Waals surface area (Å²) in [6.07, 6.45) is 2.08. The predicted molar refractivity (Wildman–Crippen MR) is 111 cm³/mol. The van der Waals surface area contributed by atoms with Crippen LogP contribution < -0.4 is 5.32 Å². The molecule has 1 aromatic rings. The Kier molecular flexibility index (Phi) is 6.18. The predicted octanol–water partition coefficient (Wildman–Crippen LogP) is -0.301. The number of morpholine rings is 1. The number of rotatable bonds is 5. The maximum Gasteiger partial charge on any atom is 0.251 e. The maximum absolute atomic E-state index is 12.7. The fourth-order valence-corrected chi connectivity index (χ4v) is 7.73. The smallest absolute Gasteiger partial charge is 0.251 e. The Morgan fingerprint density at radius 1 is 1.00 bits per heavy atom. The fourth-order valence-electron chi connectivity index (χ4n) is 4.37. The zero-order valence-electron chi connectivity index (χ0n) is 16.7. The lowest BCUT2D eigenvalue weighted by molar-refractivity contribution is 0.0730. The first-order valence-corrected chi connectivity index (χ1v) is 13.5. The average Bonchev–Trinajstić information content (AvgIpc) is 3.36. The van der Waals surface area contributed by atoms with Gasteiger partial charge in [-0.05, 0) is 50.2 Å². The minimum Gasteiger partial charge on any atom is -0.379 e. The summed E-state index contributed by atoms with van der Waals surface area (Å²) in [5.41, 5.74) is 0.306. The van der Waals surface area contributed by atoms with Crippen molar-refractivity contribution in [2.45, 2.75) is 29.8 Å². The van der Waals surface area contributed by atoms with Gasteiger partial charge in [0.15, 0.2) is 9.84 Å². The molecule has 3 aliphatic rings. The van der Waals surface area contributed by atoms with Crippen LogP contribution in [-0.2, 0) is 24.6 Å². The van der Waals surface area contributed by atoms with Crippen molar-refractivity contribution in [3.8, 4) is 0 Å². The fraction of sp³-hybridized carbons (Fsp3) is 0.632. The van der Waals surface area contributed by atoms with E-state index in [0.717, 1.165) is 25.9 Å². The van der Waals surface area contributed by atoms with Crippen molar-refractivity contribution in [3.63, 3.8) is 0 Å². The van der Waals surface area contributed by atoms with E-state index < -0.39 is 31.8 Å². The van der Waals surface area contributed by atoms with E-state index >= 15 is 0 Å². The Balaban J connectivity index is 1.45. The SMILES string of the molecule is O=C(NC1CS(=O)(=O)CC1N1CCCC1)c1ccc(S(=O)(=O)N2CCOCC2)cc1. The van der Waals surface area contributed by atoms with Crippen LogP contribution in [-0.4, -0.2) is 94.9 Å². The van der Waals surface area contributed by atoms with Gasteiger partial charge >= 0.3 is 0 Å². The van der Waals surface area contributed by atoms with Gasteiger partial charge in [-0.25, -0.2) is 16.8 Å². The van der Waals surface area contributed by atoms with Crippen LogP contribution in [0.2, 0.25) is 0 Å². The molecule has 166 valence electrons. The lowest BCUT2D eigenvalue weighted by atomic mass is 10.1. The summed E-state index contributed by atoms with van der Waals surface area (Å²) in [6.45, 7) is 3.03. The zero-order chi connectivity index (χ0) is 21.4. The lowest BCUT2D eigenvalue weighted by Crippen LogP contribution is -2.50. The molecule has 0 saturated carbocycles. The number of likely N-dealkylation sites (tertiary alicyclic amines) is 1. The Labute approximate surface area is 177 Å². The van der Waals surface area contributed by atoms with Gasteiger partial charge in [0.05, 0.1) is 35.7 Å². The molecule has 30 heavy (non-hydrogen) atoms. The van der Waals surface area contributed by atoms with Crippen molar-refractivity contribution in [2.75, 3.05) is 50.9 Å². The van der Waals surface area contributed by atoms with E-state index in [9.17, 15) is 21.6 Å². The minimum atomic E-state index is -3.63. The van der Waals surface area contributed by atoms with Crippen LogP contribution in [0.1, 0.15) is 23.2 Å². The van der Waals surface area contributed by atoms with E-state index in [0.29, 0.717) is 31.9 Å². The van der Waals surface area contributed by atoms with Crippen LogP contribution in [0.3, 0.4) is 0 Å². The van der Waals surface area contributed by atoms with Crippen molar-refractivity contribution in [2.24, 2.45) is 0 Å². The van der Waals surface area contributed by atoms with Crippen molar-refractivity contribution >= 4 is 25.8 Å². The number of nitrogens with zero attached hydrogens (tertiary/aromatic N) is 2. The van der Waals surface area contributed by atoms with Gasteiger partial charge in [-0.1, -0.05) is 0 Å². The summed E-state index contributed by atoms with van der Waals surface area (Å²) in [7, 11) is -6.83. The Morgan fingerprint density at radius 3 is 2.27 bits per heavy atom. The summed E-state index contributed by atoms with van der Waals surface area (Å²) in [6, 6.07) is 5.11. The van der Waals surface area contributed by atoms with Crippen LogP contribution in [0.4, 0.5) is 0 Å². The third-order valence-corrected chi connectivity index (χ3v) is 9.60. The van der Waals surface area contributed by atoms with Crippen LogP contribution in [0.25, 0.3) is 0 Å². The second-order valence-corrected chi connectivity index (χ2v) is 12.1. The molecule has 3 heterocycles. The molecule has 9 nitrogen and oxygen atoms in total. The first-order chi connectivity index (χ1) is 14.3. The molecule has 0 bridgehead atoms. The Morgan fingerprint density at radius 2 is 1.63 bits per heavy atom. The molecule has 1 N–H and O–H groups in total. The van der Waals surface area contributed by atoms with E-state index in [1.807, 2.05) is 0 Å². The highest BCUT2D eigenvalue weighted by molar-refractivity contribution is 7.91. The molecule has 1 aromatic carbocycles. The minimum absolute atomic E-state index is 0.0642. The number of hydrogen-bond donors (Lipinski definition) is 1. The average molecular weight is 458 g/mol. The van der Waals surface area contributed by atoms with Crippen LogP contribution in [0.5, 0.6) is 0 Å². The number of amides is 1. The summed E-state index contributed by atoms with van der Waals surface area (Å²) >= 11 is 0. The highest BCUT2D eigenvalue weighted by Crippen LogP contribution is 2.23.